The second-order valence-corrected chi connectivity index (χ2v) is 4.90. The summed E-state index contributed by atoms with van der Waals surface area (Å²) in [6, 6.07) is 14.8. The first kappa shape index (κ1) is 17.1. The van der Waals surface area contributed by atoms with Gasteiger partial charge in [0.05, 0.1) is 17.7 Å². The van der Waals surface area contributed by atoms with Crippen LogP contribution in [0, 0.1) is 0 Å². The molecule has 0 aliphatic rings. The van der Waals surface area contributed by atoms with Crippen LogP contribution in [0.1, 0.15) is 32.7 Å². The number of ketones is 1. The van der Waals surface area contributed by atoms with E-state index in [4.69, 9.17) is 4.74 Å². The topological polar surface area (TPSA) is 79.8 Å². The van der Waals surface area contributed by atoms with E-state index in [-0.39, 0.29) is 23.4 Å². The molecule has 0 aliphatic carbocycles. The molecule has 0 N–H and O–H groups in total. The van der Waals surface area contributed by atoms with Crippen LogP contribution in [0.5, 0.6) is 0 Å². The molecule has 0 saturated carbocycles. The number of hydrogen-bond acceptors (Lipinski definition) is 3. The summed E-state index contributed by atoms with van der Waals surface area (Å²) >= 11 is 0. The maximum Gasteiger partial charge on any atom is 0.369 e. The normalized spacial score (nSPS) is 9.67. The molecule has 0 heterocycles. The second kappa shape index (κ2) is 8.36. The SMILES string of the molecule is C=CCCOC(=O)c1ccccc1C(=O)C(=[N+]=[N-])c1ccccc1. The summed E-state index contributed by atoms with van der Waals surface area (Å²) in [7, 11) is 0. The van der Waals surface area contributed by atoms with Gasteiger partial charge in [0.25, 0.3) is 5.78 Å². The summed E-state index contributed by atoms with van der Waals surface area (Å²) < 4.78 is 5.11. The molecule has 2 rings (SSSR count). The van der Waals surface area contributed by atoms with Crippen LogP contribution in [0.15, 0.2) is 67.3 Å². The lowest BCUT2D eigenvalue weighted by molar-refractivity contribution is -0.00498. The third-order valence-electron chi connectivity index (χ3n) is 3.31. The molecular weight excluding hydrogens is 304 g/mol. The Hall–Kier alpha value is -3.30. The Labute approximate surface area is 139 Å². The lowest BCUT2D eigenvalue weighted by atomic mass is 9.97. The van der Waals surface area contributed by atoms with Crippen molar-refractivity contribution in [1.29, 1.82) is 0 Å². The van der Waals surface area contributed by atoms with Crippen LogP contribution >= 0.6 is 0 Å². The van der Waals surface area contributed by atoms with E-state index in [1.807, 2.05) is 0 Å². The van der Waals surface area contributed by atoms with Crippen LogP contribution in [-0.2, 0) is 4.74 Å². The van der Waals surface area contributed by atoms with Gasteiger partial charge in [-0.15, -0.1) is 6.58 Å². The number of hydrogen-bond donors (Lipinski definition) is 0. The Morgan fingerprint density at radius 3 is 2.29 bits per heavy atom. The molecule has 0 radical (unpaired) electrons. The number of Topliss-reactive ketones (excluding diaryl/α,β-unsaturated/α-hetero) is 1. The van der Waals surface area contributed by atoms with Crippen molar-refractivity contribution < 1.29 is 19.1 Å². The first-order chi connectivity index (χ1) is 11.7. The number of esters is 1. The highest BCUT2D eigenvalue weighted by molar-refractivity contribution is 6.50. The van der Waals surface area contributed by atoms with Crippen LogP contribution < -0.4 is 0 Å². The molecule has 120 valence electrons. The minimum absolute atomic E-state index is 0.123. The third kappa shape index (κ3) is 3.91. The summed E-state index contributed by atoms with van der Waals surface area (Å²) in [5, 5.41) is 0. The zero-order valence-electron chi connectivity index (χ0n) is 13.0. The Bertz CT molecular complexity index is 806. The van der Waals surface area contributed by atoms with Crippen LogP contribution in [0.3, 0.4) is 0 Å². The van der Waals surface area contributed by atoms with Crippen LogP contribution in [0.4, 0.5) is 0 Å². The predicted molar refractivity (Wildman–Crippen MR) is 90.0 cm³/mol. The van der Waals surface area contributed by atoms with Crippen molar-refractivity contribution >= 4 is 17.5 Å². The molecule has 0 spiro atoms. The van der Waals surface area contributed by atoms with E-state index < -0.39 is 11.8 Å². The maximum absolute atomic E-state index is 12.7. The standard InChI is InChI=1S/C19H16N2O3/c1-2-3-13-24-19(23)16-12-8-7-11-15(16)18(22)17(21-20)14-9-5-4-6-10-14/h2,4-12H,1,3,13H2. The number of carbonyl (C=O) groups excluding carboxylic acids is 2. The molecule has 0 amide bonds. The Balaban J connectivity index is 2.35. The number of rotatable bonds is 7. The molecule has 0 fully saturated rings. The van der Waals surface area contributed by atoms with E-state index in [1.165, 1.54) is 12.1 Å². The second-order valence-electron chi connectivity index (χ2n) is 4.90. The van der Waals surface area contributed by atoms with E-state index in [0.29, 0.717) is 12.0 Å². The smallest absolute Gasteiger partial charge is 0.369 e. The maximum atomic E-state index is 12.7. The molecule has 0 aromatic heterocycles. The Morgan fingerprint density at radius 1 is 1.04 bits per heavy atom. The van der Waals surface area contributed by atoms with Gasteiger partial charge in [-0.1, -0.05) is 36.4 Å². The number of nitrogens with zero attached hydrogens (tertiary/aromatic N) is 2. The number of carbonyl (C=O) groups is 2. The molecule has 5 heteroatoms. The largest absolute Gasteiger partial charge is 0.462 e. The van der Waals surface area contributed by atoms with Crippen LogP contribution in [0.2, 0.25) is 0 Å². The zero-order chi connectivity index (χ0) is 17.4. The third-order valence-corrected chi connectivity index (χ3v) is 3.31. The highest BCUT2D eigenvalue weighted by atomic mass is 16.5. The molecular formula is C19H16N2O3. The fraction of sp³-hybridized carbons (Fsp3) is 0.105. The van der Waals surface area contributed by atoms with Gasteiger partial charge in [0, 0.05) is 5.56 Å². The van der Waals surface area contributed by atoms with E-state index in [0.717, 1.165) is 0 Å². The fourth-order valence-electron chi connectivity index (χ4n) is 2.13. The van der Waals surface area contributed by atoms with Gasteiger partial charge in [-0.25, -0.2) is 4.79 Å². The van der Waals surface area contributed by atoms with Gasteiger partial charge >= 0.3 is 11.7 Å². The van der Waals surface area contributed by atoms with E-state index in [9.17, 15) is 15.1 Å². The highest BCUT2D eigenvalue weighted by Gasteiger charge is 2.28. The Kier molecular flexibility index (Phi) is 5.95. The molecule has 0 saturated heterocycles. The van der Waals surface area contributed by atoms with Gasteiger partial charge < -0.3 is 10.3 Å². The quantitative estimate of drug-likeness (QED) is 0.149. The van der Waals surface area contributed by atoms with E-state index in [1.54, 1.807) is 48.5 Å². The average Bonchev–Trinajstić information content (AvgIpc) is 2.63. The number of benzene rings is 2. The summed E-state index contributed by atoms with van der Waals surface area (Å²) in [4.78, 5) is 28.0. The molecule has 0 atom stereocenters. The lowest BCUT2D eigenvalue weighted by Gasteiger charge is -2.07. The van der Waals surface area contributed by atoms with Crippen molar-refractivity contribution in [1.82, 2.24) is 0 Å². The molecule has 5 nitrogen and oxygen atoms in total. The van der Waals surface area contributed by atoms with Crippen LogP contribution in [0.25, 0.3) is 5.53 Å². The van der Waals surface area contributed by atoms with Gasteiger partial charge in [-0.3, -0.25) is 4.79 Å². The average molecular weight is 320 g/mol. The number of ether oxygens (including phenoxy) is 1. The first-order valence-electron chi connectivity index (χ1n) is 7.38. The molecule has 2 aromatic carbocycles. The molecule has 24 heavy (non-hydrogen) atoms. The summed E-state index contributed by atoms with van der Waals surface area (Å²) in [6.07, 6.45) is 2.16. The molecule has 0 unspecified atom stereocenters. The highest BCUT2D eigenvalue weighted by Crippen LogP contribution is 2.14. The van der Waals surface area contributed by atoms with Crippen molar-refractivity contribution in [2.24, 2.45) is 0 Å². The van der Waals surface area contributed by atoms with E-state index >= 15 is 0 Å². The minimum atomic E-state index is -0.605. The molecule has 0 aliphatic heterocycles. The Morgan fingerprint density at radius 2 is 1.67 bits per heavy atom. The van der Waals surface area contributed by atoms with E-state index in [2.05, 4.69) is 11.4 Å². The monoisotopic (exact) mass is 320 g/mol. The summed E-state index contributed by atoms with van der Waals surface area (Å²) in [6.45, 7) is 3.74. The van der Waals surface area contributed by atoms with Crippen molar-refractivity contribution in [2.75, 3.05) is 6.61 Å². The first-order valence-corrected chi connectivity index (χ1v) is 7.38. The van der Waals surface area contributed by atoms with Gasteiger partial charge in [0.2, 0.25) is 0 Å². The van der Waals surface area contributed by atoms with Crippen LogP contribution in [-0.4, -0.2) is 28.9 Å². The van der Waals surface area contributed by atoms with Crippen molar-refractivity contribution in [3.63, 3.8) is 0 Å². The fourth-order valence-corrected chi connectivity index (χ4v) is 2.13. The zero-order valence-corrected chi connectivity index (χ0v) is 13.0. The summed E-state index contributed by atoms with van der Waals surface area (Å²) in [5.74, 6) is -1.16. The summed E-state index contributed by atoms with van der Waals surface area (Å²) in [5.41, 5.74) is 9.83. The minimum Gasteiger partial charge on any atom is -0.462 e. The van der Waals surface area contributed by atoms with Gasteiger partial charge in [0.15, 0.2) is 0 Å². The van der Waals surface area contributed by atoms with Crippen molar-refractivity contribution in [3.8, 4) is 0 Å². The predicted octanol–water partition coefficient (Wildman–Crippen LogP) is 3.32. The van der Waals surface area contributed by atoms with Crippen molar-refractivity contribution in [3.05, 3.63) is 89.5 Å². The molecule has 2 aromatic rings. The van der Waals surface area contributed by atoms with Gasteiger partial charge in [0.1, 0.15) is 0 Å². The van der Waals surface area contributed by atoms with Gasteiger partial charge in [-0.2, -0.15) is 4.79 Å². The molecule has 0 bridgehead atoms. The van der Waals surface area contributed by atoms with Gasteiger partial charge in [-0.05, 0) is 30.7 Å². The lowest BCUT2D eigenvalue weighted by Crippen LogP contribution is -2.21. The van der Waals surface area contributed by atoms with Crippen molar-refractivity contribution in [2.45, 2.75) is 6.42 Å².